The molecule has 0 saturated heterocycles. The van der Waals surface area contributed by atoms with Gasteiger partial charge in [-0.05, 0) is 31.0 Å². The number of anilines is 1. The first kappa shape index (κ1) is 12.0. The van der Waals surface area contributed by atoms with Crippen molar-refractivity contribution in [2.75, 3.05) is 18.0 Å². The van der Waals surface area contributed by atoms with Crippen molar-refractivity contribution in [1.82, 2.24) is 0 Å². The first-order valence-electron chi connectivity index (χ1n) is 6.16. The van der Waals surface area contributed by atoms with Crippen molar-refractivity contribution in [1.29, 1.82) is 0 Å². The molecular formula is C14H19NO2. The van der Waals surface area contributed by atoms with Crippen molar-refractivity contribution in [2.24, 2.45) is 0 Å². The van der Waals surface area contributed by atoms with E-state index in [1.165, 1.54) is 11.3 Å². The van der Waals surface area contributed by atoms with Gasteiger partial charge in [0.1, 0.15) is 0 Å². The second kappa shape index (κ2) is 4.40. The topological polar surface area (TPSA) is 40.5 Å². The number of carboxylic acids is 1. The van der Waals surface area contributed by atoms with Crippen LogP contribution >= 0.6 is 0 Å². The summed E-state index contributed by atoms with van der Waals surface area (Å²) in [5.41, 5.74) is 3.41. The molecule has 0 aliphatic carbocycles. The molecule has 2 atom stereocenters. The molecule has 92 valence electrons. The summed E-state index contributed by atoms with van der Waals surface area (Å²) in [7, 11) is 0. The number of carbonyl (C=O) groups is 1. The molecule has 0 radical (unpaired) electrons. The fraction of sp³-hybridized carbons (Fsp3) is 0.500. The highest BCUT2D eigenvalue weighted by molar-refractivity contribution is 5.78. The van der Waals surface area contributed by atoms with E-state index in [0.717, 1.165) is 18.7 Å². The Kier molecular flexibility index (Phi) is 3.09. The number of fused-ring (bicyclic) bond motifs is 1. The summed E-state index contributed by atoms with van der Waals surface area (Å²) in [5.74, 6) is -0.757. The summed E-state index contributed by atoms with van der Waals surface area (Å²) in [6.07, 6.45) is 0. The summed E-state index contributed by atoms with van der Waals surface area (Å²) in [6.45, 7) is 8.04. The zero-order valence-electron chi connectivity index (χ0n) is 10.6. The Morgan fingerprint density at radius 1 is 1.59 bits per heavy atom. The van der Waals surface area contributed by atoms with Crippen LogP contribution < -0.4 is 4.90 Å². The van der Waals surface area contributed by atoms with Crippen molar-refractivity contribution in [2.45, 2.75) is 32.6 Å². The molecule has 2 unspecified atom stereocenters. The Bertz CT molecular complexity index is 442. The van der Waals surface area contributed by atoms with Gasteiger partial charge >= 0.3 is 5.97 Å². The lowest BCUT2D eigenvalue weighted by molar-refractivity contribution is -0.138. The lowest BCUT2D eigenvalue weighted by atomic mass is 9.90. The molecule has 0 bridgehead atoms. The Morgan fingerprint density at radius 3 is 2.88 bits per heavy atom. The lowest BCUT2D eigenvalue weighted by Crippen LogP contribution is -2.20. The van der Waals surface area contributed by atoms with Crippen LogP contribution in [0.4, 0.5) is 5.69 Å². The molecule has 3 heteroatoms. The number of likely N-dealkylation sites (N-methyl/N-ethyl adjacent to an activating group) is 1. The maximum absolute atomic E-state index is 11.1. The first-order chi connectivity index (χ1) is 8.06. The van der Waals surface area contributed by atoms with E-state index >= 15 is 0 Å². The molecule has 0 spiro atoms. The van der Waals surface area contributed by atoms with E-state index < -0.39 is 11.9 Å². The van der Waals surface area contributed by atoms with Crippen LogP contribution in [0.5, 0.6) is 0 Å². The number of hydrogen-bond acceptors (Lipinski definition) is 2. The SMILES string of the molecule is CCN1CC(C)c2c(C(C)C(=O)O)cccc21. The zero-order chi connectivity index (χ0) is 12.6. The molecule has 0 saturated carbocycles. The zero-order valence-corrected chi connectivity index (χ0v) is 10.6. The van der Waals surface area contributed by atoms with E-state index in [9.17, 15) is 4.79 Å². The highest BCUT2D eigenvalue weighted by Gasteiger charge is 2.29. The molecule has 0 amide bonds. The van der Waals surface area contributed by atoms with E-state index in [2.05, 4.69) is 24.8 Å². The summed E-state index contributed by atoms with van der Waals surface area (Å²) in [6, 6.07) is 6.02. The van der Waals surface area contributed by atoms with Gasteiger partial charge in [-0.3, -0.25) is 4.79 Å². The van der Waals surface area contributed by atoms with Gasteiger partial charge in [-0.1, -0.05) is 19.1 Å². The van der Waals surface area contributed by atoms with Gasteiger partial charge < -0.3 is 10.0 Å². The summed E-state index contributed by atoms with van der Waals surface area (Å²) >= 11 is 0. The van der Waals surface area contributed by atoms with Gasteiger partial charge in [-0.25, -0.2) is 0 Å². The first-order valence-corrected chi connectivity index (χ1v) is 6.16. The van der Waals surface area contributed by atoms with E-state index in [4.69, 9.17) is 5.11 Å². The third-order valence-electron chi connectivity index (χ3n) is 3.66. The third kappa shape index (κ3) is 1.90. The van der Waals surface area contributed by atoms with Crippen LogP contribution in [0.2, 0.25) is 0 Å². The van der Waals surface area contributed by atoms with Gasteiger partial charge in [-0.15, -0.1) is 0 Å². The normalized spacial score (nSPS) is 20.2. The van der Waals surface area contributed by atoms with Gasteiger partial charge in [0.15, 0.2) is 0 Å². The number of rotatable bonds is 3. The molecule has 1 aliphatic rings. The molecule has 1 aliphatic heterocycles. The second-order valence-electron chi connectivity index (χ2n) is 4.78. The van der Waals surface area contributed by atoms with Crippen molar-refractivity contribution < 1.29 is 9.90 Å². The Hall–Kier alpha value is -1.51. The second-order valence-corrected chi connectivity index (χ2v) is 4.78. The van der Waals surface area contributed by atoms with Crippen molar-refractivity contribution in [3.8, 4) is 0 Å². The minimum atomic E-state index is -0.749. The maximum atomic E-state index is 11.1. The number of nitrogens with zero attached hydrogens (tertiary/aromatic N) is 1. The fourth-order valence-corrected chi connectivity index (χ4v) is 2.71. The van der Waals surface area contributed by atoms with Gasteiger partial charge in [0.2, 0.25) is 0 Å². The number of benzene rings is 1. The van der Waals surface area contributed by atoms with Crippen LogP contribution in [-0.4, -0.2) is 24.2 Å². The summed E-state index contributed by atoms with van der Waals surface area (Å²) < 4.78 is 0. The maximum Gasteiger partial charge on any atom is 0.310 e. The highest BCUT2D eigenvalue weighted by atomic mass is 16.4. The van der Waals surface area contributed by atoms with E-state index in [1.807, 2.05) is 12.1 Å². The van der Waals surface area contributed by atoms with Gasteiger partial charge in [0, 0.05) is 24.7 Å². The number of aliphatic carboxylic acids is 1. The molecule has 1 aromatic carbocycles. The highest BCUT2D eigenvalue weighted by Crippen LogP contribution is 2.40. The predicted molar refractivity (Wildman–Crippen MR) is 68.8 cm³/mol. The van der Waals surface area contributed by atoms with E-state index in [-0.39, 0.29) is 0 Å². The van der Waals surface area contributed by atoms with Crippen LogP contribution in [0, 0.1) is 0 Å². The van der Waals surface area contributed by atoms with E-state index in [1.54, 1.807) is 6.92 Å². The molecule has 17 heavy (non-hydrogen) atoms. The molecule has 1 heterocycles. The minimum Gasteiger partial charge on any atom is -0.481 e. The Morgan fingerprint density at radius 2 is 2.29 bits per heavy atom. The molecule has 0 aromatic heterocycles. The van der Waals surface area contributed by atoms with Crippen LogP contribution in [0.3, 0.4) is 0 Å². The van der Waals surface area contributed by atoms with E-state index in [0.29, 0.717) is 5.92 Å². The standard InChI is InChI=1S/C14H19NO2/c1-4-15-8-9(2)13-11(10(3)14(16)17)6-5-7-12(13)15/h5-7,9-10H,4,8H2,1-3H3,(H,16,17). The fourth-order valence-electron chi connectivity index (χ4n) is 2.71. The molecule has 1 aromatic rings. The van der Waals surface area contributed by atoms with Crippen LogP contribution in [0.15, 0.2) is 18.2 Å². The van der Waals surface area contributed by atoms with Crippen molar-refractivity contribution in [3.63, 3.8) is 0 Å². The molecule has 3 nitrogen and oxygen atoms in total. The Balaban J connectivity index is 2.50. The quantitative estimate of drug-likeness (QED) is 0.872. The average Bonchev–Trinajstić information content (AvgIpc) is 2.65. The third-order valence-corrected chi connectivity index (χ3v) is 3.66. The molecule has 0 fully saturated rings. The lowest BCUT2D eigenvalue weighted by Gasteiger charge is -2.18. The van der Waals surface area contributed by atoms with Gasteiger partial charge in [0.05, 0.1) is 5.92 Å². The predicted octanol–water partition coefficient (Wildman–Crippen LogP) is 2.82. The molecular weight excluding hydrogens is 214 g/mol. The van der Waals surface area contributed by atoms with Crippen molar-refractivity contribution >= 4 is 11.7 Å². The summed E-state index contributed by atoms with van der Waals surface area (Å²) in [4.78, 5) is 13.5. The van der Waals surface area contributed by atoms with Crippen LogP contribution in [0.25, 0.3) is 0 Å². The van der Waals surface area contributed by atoms with Crippen LogP contribution in [-0.2, 0) is 4.79 Å². The van der Waals surface area contributed by atoms with Crippen LogP contribution in [0.1, 0.15) is 43.7 Å². The number of hydrogen-bond donors (Lipinski definition) is 1. The Labute approximate surface area is 102 Å². The monoisotopic (exact) mass is 233 g/mol. The average molecular weight is 233 g/mol. The van der Waals surface area contributed by atoms with Gasteiger partial charge in [0.25, 0.3) is 0 Å². The minimum absolute atomic E-state index is 0.419. The van der Waals surface area contributed by atoms with Crippen molar-refractivity contribution in [3.05, 3.63) is 29.3 Å². The van der Waals surface area contributed by atoms with Gasteiger partial charge in [-0.2, -0.15) is 0 Å². The number of carboxylic acid groups (broad SMARTS) is 1. The largest absolute Gasteiger partial charge is 0.481 e. The molecule has 1 N–H and O–H groups in total. The smallest absolute Gasteiger partial charge is 0.310 e. The molecule has 2 rings (SSSR count). The summed E-state index contributed by atoms with van der Waals surface area (Å²) in [5, 5.41) is 9.16.